The van der Waals surface area contributed by atoms with Crippen LogP contribution in [-0.4, -0.2) is 22.8 Å². The van der Waals surface area contributed by atoms with Gasteiger partial charge in [0.15, 0.2) is 0 Å². The molecule has 2 heterocycles. The lowest BCUT2D eigenvalue weighted by Crippen LogP contribution is -2.41. The molecule has 1 aromatic heterocycles. The molecule has 4 heteroatoms. The van der Waals surface area contributed by atoms with Gasteiger partial charge in [-0.15, -0.1) is 0 Å². The number of nitrogens with zero attached hydrogens (tertiary/aromatic N) is 3. The Morgan fingerprint density at radius 2 is 2.00 bits per heavy atom. The third-order valence-corrected chi connectivity index (χ3v) is 9.43. The van der Waals surface area contributed by atoms with Gasteiger partial charge in [0.1, 0.15) is 12.7 Å². The second-order valence-corrected chi connectivity index (χ2v) is 10.4. The minimum atomic E-state index is -1.06. The fraction of sp³-hybridized carbons (Fsp3) is 0.846. The molecule has 1 aliphatic rings. The highest BCUT2D eigenvalue weighted by atomic mass is 28.3. The van der Waals surface area contributed by atoms with Crippen LogP contribution in [0.1, 0.15) is 45.4 Å². The summed E-state index contributed by atoms with van der Waals surface area (Å²) in [5.74, 6) is 0. The minimum Gasteiger partial charge on any atom is -0.256 e. The Bertz CT molecular complexity index is 304. The largest absolute Gasteiger partial charge is 0.256 e. The Kier molecular flexibility index (Phi) is 4.77. The highest BCUT2D eigenvalue weighted by molar-refractivity contribution is 6.78. The maximum Gasteiger partial charge on any atom is 0.137 e. The fourth-order valence-corrected chi connectivity index (χ4v) is 8.27. The lowest BCUT2D eigenvalue weighted by molar-refractivity contribution is 0.638. The standard InChI is InChI=1S/C13H25N3Si/c1-2-3-5-8-17(9-6-4-7-10-17)13-16-12-14-11-15-16/h11-12H,2-10,13H2,1H3. The average Bonchev–Trinajstić information content (AvgIpc) is 2.83. The molecule has 0 N–H and O–H groups in total. The molecule has 2 rings (SSSR count). The number of hydrogen-bond acceptors (Lipinski definition) is 2. The van der Waals surface area contributed by atoms with Gasteiger partial charge in [0.25, 0.3) is 0 Å². The Balaban J connectivity index is 1.95. The van der Waals surface area contributed by atoms with E-state index in [4.69, 9.17) is 0 Å². The van der Waals surface area contributed by atoms with Crippen molar-refractivity contribution in [3.63, 3.8) is 0 Å². The summed E-state index contributed by atoms with van der Waals surface area (Å²) in [6.45, 7) is 2.30. The van der Waals surface area contributed by atoms with Crippen molar-refractivity contribution in [1.82, 2.24) is 14.8 Å². The zero-order valence-corrected chi connectivity index (χ0v) is 12.1. The Hall–Kier alpha value is -0.643. The molecule has 1 aromatic rings. The van der Waals surface area contributed by atoms with Gasteiger partial charge in [-0.3, -0.25) is 4.68 Å². The first-order valence-corrected chi connectivity index (χ1v) is 10.00. The summed E-state index contributed by atoms with van der Waals surface area (Å²) < 4.78 is 2.10. The molecule has 0 unspecified atom stereocenters. The van der Waals surface area contributed by atoms with E-state index in [9.17, 15) is 0 Å². The number of hydrogen-bond donors (Lipinski definition) is 0. The van der Waals surface area contributed by atoms with E-state index >= 15 is 0 Å². The number of unbranched alkanes of at least 4 members (excludes halogenated alkanes) is 2. The van der Waals surface area contributed by atoms with Gasteiger partial charge >= 0.3 is 0 Å². The summed E-state index contributed by atoms with van der Waals surface area (Å²) in [4.78, 5) is 4.09. The van der Waals surface area contributed by atoms with Gasteiger partial charge in [-0.25, -0.2) is 4.98 Å². The molecule has 96 valence electrons. The van der Waals surface area contributed by atoms with Gasteiger partial charge in [0.05, 0.1) is 8.07 Å². The van der Waals surface area contributed by atoms with Crippen LogP contribution in [0.5, 0.6) is 0 Å². The van der Waals surface area contributed by atoms with Crippen LogP contribution >= 0.6 is 0 Å². The van der Waals surface area contributed by atoms with E-state index in [2.05, 4.69) is 21.7 Å². The van der Waals surface area contributed by atoms with Crippen molar-refractivity contribution in [2.75, 3.05) is 0 Å². The van der Waals surface area contributed by atoms with E-state index in [-0.39, 0.29) is 0 Å². The summed E-state index contributed by atoms with van der Waals surface area (Å²) in [5, 5.41) is 4.32. The molecule has 0 aliphatic carbocycles. The lowest BCUT2D eigenvalue weighted by atomic mass is 10.3. The van der Waals surface area contributed by atoms with Crippen LogP contribution < -0.4 is 0 Å². The summed E-state index contributed by atoms with van der Waals surface area (Å²) >= 11 is 0. The summed E-state index contributed by atoms with van der Waals surface area (Å²) in [5.41, 5.74) is 0. The predicted octanol–water partition coefficient (Wildman–Crippen LogP) is 3.64. The second-order valence-electron chi connectivity index (χ2n) is 5.61. The van der Waals surface area contributed by atoms with Crippen LogP contribution in [0.15, 0.2) is 12.7 Å². The van der Waals surface area contributed by atoms with Gasteiger partial charge in [-0.1, -0.05) is 63.6 Å². The Morgan fingerprint density at radius 3 is 2.65 bits per heavy atom. The van der Waals surface area contributed by atoms with Crippen molar-refractivity contribution in [2.24, 2.45) is 0 Å². The smallest absolute Gasteiger partial charge is 0.137 e. The minimum absolute atomic E-state index is 1.06. The maximum atomic E-state index is 4.32. The first-order chi connectivity index (χ1) is 8.35. The molecule has 1 fully saturated rings. The van der Waals surface area contributed by atoms with Crippen molar-refractivity contribution in [2.45, 2.75) is 69.7 Å². The predicted molar refractivity (Wildman–Crippen MR) is 73.6 cm³/mol. The first-order valence-electron chi connectivity index (χ1n) is 7.17. The normalized spacial score (nSPS) is 19.4. The molecule has 0 spiro atoms. The monoisotopic (exact) mass is 251 g/mol. The molecule has 0 atom stereocenters. The third kappa shape index (κ3) is 3.66. The molecule has 0 bridgehead atoms. The molecule has 1 saturated heterocycles. The Labute approximate surface area is 106 Å². The Morgan fingerprint density at radius 1 is 1.18 bits per heavy atom. The third-order valence-electron chi connectivity index (χ3n) is 4.19. The van der Waals surface area contributed by atoms with Gasteiger partial charge in [0.2, 0.25) is 0 Å². The van der Waals surface area contributed by atoms with Gasteiger partial charge in [-0.2, -0.15) is 5.10 Å². The number of rotatable bonds is 6. The van der Waals surface area contributed by atoms with Crippen molar-refractivity contribution >= 4 is 8.07 Å². The molecule has 3 nitrogen and oxygen atoms in total. The van der Waals surface area contributed by atoms with Crippen molar-refractivity contribution in [1.29, 1.82) is 0 Å². The molecule has 17 heavy (non-hydrogen) atoms. The van der Waals surface area contributed by atoms with Crippen molar-refractivity contribution in [3.05, 3.63) is 12.7 Å². The van der Waals surface area contributed by atoms with Crippen LogP contribution in [0.25, 0.3) is 0 Å². The van der Waals surface area contributed by atoms with Crippen molar-refractivity contribution < 1.29 is 0 Å². The highest BCUT2D eigenvalue weighted by Gasteiger charge is 2.34. The molecular formula is C13H25N3Si. The molecule has 0 radical (unpaired) electrons. The summed E-state index contributed by atoms with van der Waals surface area (Å²) in [6, 6.07) is 4.56. The van der Waals surface area contributed by atoms with E-state index in [0.717, 1.165) is 0 Å². The van der Waals surface area contributed by atoms with E-state index in [1.54, 1.807) is 6.33 Å². The van der Waals surface area contributed by atoms with Crippen LogP contribution in [0.2, 0.25) is 18.1 Å². The number of aromatic nitrogens is 3. The van der Waals surface area contributed by atoms with Crippen LogP contribution in [0.3, 0.4) is 0 Å². The van der Waals surface area contributed by atoms with E-state index in [1.165, 1.54) is 62.8 Å². The zero-order chi connectivity index (χ0) is 12.0. The quantitative estimate of drug-likeness (QED) is 0.571. The van der Waals surface area contributed by atoms with E-state index < -0.39 is 8.07 Å². The summed E-state index contributed by atoms with van der Waals surface area (Å²) in [7, 11) is -1.06. The lowest BCUT2D eigenvalue weighted by Gasteiger charge is -2.35. The first kappa shape index (κ1) is 12.8. The fourth-order valence-electron chi connectivity index (χ4n) is 3.20. The van der Waals surface area contributed by atoms with Gasteiger partial charge in [-0.05, 0) is 0 Å². The van der Waals surface area contributed by atoms with Gasteiger partial charge in [0, 0.05) is 6.17 Å². The molecule has 1 aliphatic heterocycles. The topological polar surface area (TPSA) is 30.7 Å². The molecule has 0 aromatic carbocycles. The van der Waals surface area contributed by atoms with Gasteiger partial charge < -0.3 is 0 Å². The van der Waals surface area contributed by atoms with E-state index in [0.29, 0.717) is 0 Å². The molecular weight excluding hydrogens is 226 g/mol. The van der Waals surface area contributed by atoms with Crippen molar-refractivity contribution in [3.8, 4) is 0 Å². The average molecular weight is 251 g/mol. The maximum absolute atomic E-state index is 4.32. The van der Waals surface area contributed by atoms with Crippen LogP contribution in [-0.2, 0) is 6.17 Å². The SMILES string of the molecule is CCCCC[Si]1(Cn2cncn2)CCCCC1. The van der Waals surface area contributed by atoms with E-state index in [1.807, 2.05) is 6.33 Å². The molecule has 0 amide bonds. The summed E-state index contributed by atoms with van der Waals surface area (Å²) in [6.07, 6.45) is 13.4. The molecule has 0 saturated carbocycles. The highest BCUT2D eigenvalue weighted by Crippen LogP contribution is 2.34. The van der Waals surface area contributed by atoms with Crippen LogP contribution in [0.4, 0.5) is 0 Å². The second kappa shape index (κ2) is 6.33. The van der Waals surface area contributed by atoms with Crippen LogP contribution in [0, 0.1) is 0 Å². The zero-order valence-electron chi connectivity index (χ0n) is 11.1.